The number of rotatable bonds is 4. The maximum absolute atomic E-state index is 11.8. The van der Waals surface area contributed by atoms with E-state index in [0.29, 0.717) is 16.2 Å². The number of furan rings is 1. The number of benzene rings is 1. The standard InChI is InChI=1S/C13H12ClNO4/c1-7-8-3-2-4-9(14)12(8)19-11(7)13(17)18-6-5-10(15)16/h2-4H,5-6H2,1H3,(H2,15,16). The number of amides is 1. The van der Waals surface area contributed by atoms with Crippen molar-refractivity contribution in [3.8, 4) is 0 Å². The molecule has 100 valence electrons. The molecule has 0 fully saturated rings. The number of primary amides is 1. The molecule has 2 rings (SSSR count). The van der Waals surface area contributed by atoms with Crippen molar-refractivity contribution in [2.24, 2.45) is 5.73 Å². The van der Waals surface area contributed by atoms with Gasteiger partial charge in [-0.15, -0.1) is 0 Å². The highest BCUT2D eigenvalue weighted by molar-refractivity contribution is 6.35. The molecule has 0 atom stereocenters. The number of fused-ring (bicyclic) bond motifs is 1. The van der Waals surface area contributed by atoms with E-state index < -0.39 is 11.9 Å². The second-order valence-corrected chi connectivity index (χ2v) is 4.43. The van der Waals surface area contributed by atoms with Crippen LogP contribution < -0.4 is 5.73 Å². The summed E-state index contributed by atoms with van der Waals surface area (Å²) in [5.74, 6) is -1.07. The third-order valence-electron chi connectivity index (χ3n) is 2.68. The Balaban J connectivity index is 2.25. The number of aryl methyl sites for hydroxylation is 1. The normalized spacial score (nSPS) is 10.6. The summed E-state index contributed by atoms with van der Waals surface area (Å²) in [4.78, 5) is 22.4. The molecule has 5 nitrogen and oxygen atoms in total. The van der Waals surface area contributed by atoms with Gasteiger partial charge in [-0.1, -0.05) is 23.7 Å². The van der Waals surface area contributed by atoms with Crippen LogP contribution in [-0.2, 0) is 9.53 Å². The molecule has 0 saturated carbocycles. The lowest BCUT2D eigenvalue weighted by Crippen LogP contribution is -2.15. The van der Waals surface area contributed by atoms with E-state index in [9.17, 15) is 9.59 Å². The van der Waals surface area contributed by atoms with Crippen molar-refractivity contribution in [2.45, 2.75) is 13.3 Å². The Bertz CT molecular complexity index is 647. The lowest BCUT2D eigenvalue weighted by atomic mass is 10.1. The monoisotopic (exact) mass is 281 g/mol. The molecule has 2 aromatic rings. The fourth-order valence-corrected chi connectivity index (χ4v) is 1.93. The van der Waals surface area contributed by atoms with Crippen molar-refractivity contribution >= 4 is 34.4 Å². The Hall–Kier alpha value is -2.01. The smallest absolute Gasteiger partial charge is 0.374 e. The van der Waals surface area contributed by atoms with Crippen LogP contribution in [0, 0.1) is 6.92 Å². The number of ether oxygens (including phenoxy) is 1. The average Bonchev–Trinajstić information content (AvgIpc) is 2.68. The van der Waals surface area contributed by atoms with Gasteiger partial charge in [0.25, 0.3) is 0 Å². The summed E-state index contributed by atoms with van der Waals surface area (Å²) in [7, 11) is 0. The summed E-state index contributed by atoms with van der Waals surface area (Å²) < 4.78 is 10.3. The lowest BCUT2D eigenvalue weighted by molar-refractivity contribution is -0.118. The van der Waals surface area contributed by atoms with Gasteiger partial charge in [0.15, 0.2) is 5.58 Å². The van der Waals surface area contributed by atoms with Crippen LogP contribution in [0.15, 0.2) is 22.6 Å². The molecule has 19 heavy (non-hydrogen) atoms. The van der Waals surface area contributed by atoms with E-state index in [1.807, 2.05) is 0 Å². The van der Waals surface area contributed by atoms with E-state index in [-0.39, 0.29) is 18.8 Å². The summed E-state index contributed by atoms with van der Waals surface area (Å²) in [6.07, 6.45) is -0.0221. The van der Waals surface area contributed by atoms with Crippen LogP contribution >= 0.6 is 11.6 Å². The second kappa shape index (κ2) is 5.32. The van der Waals surface area contributed by atoms with Crippen LogP contribution in [0.5, 0.6) is 0 Å². The van der Waals surface area contributed by atoms with Crippen LogP contribution in [0.3, 0.4) is 0 Å². The number of hydrogen-bond acceptors (Lipinski definition) is 4. The molecule has 0 aliphatic heterocycles. The highest BCUT2D eigenvalue weighted by Crippen LogP contribution is 2.30. The number of esters is 1. The van der Waals surface area contributed by atoms with Crippen molar-refractivity contribution in [1.29, 1.82) is 0 Å². The zero-order valence-electron chi connectivity index (χ0n) is 10.2. The van der Waals surface area contributed by atoms with Gasteiger partial charge in [0.1, 0.15) is 6.61 Å². The predicted octanol–water partition coefficient (Wildman–Crippen LogP) is 2.43. The average molecular weight is 282 g/mol. The van der Waals surface area contributed by atoms with E-state index in [0.717, 1.165) is 5.39 Å². The van der Waals surface area contributed by atoms with Crippen LogP contribution in [0.25, 0.3) is 11.0 Å². The first-order valence-electron chi connectivity index (χ1n) is 5.63. The Labute approximate surface area is 114 Å². The molecule has 0 radical (unpaired) electrons. The van der Waals surface area contributed by atoms with Crippen molar-refractivity contribution in [3.63, 3.8) is 0 Å². The topological polar surface area (TPSA) is 82.5 Å². The Morgan fingerprint density at radius 1 is 1.42 bits per heavy atom. The Kier molecular flexibility index (Phi) is 3.76. The minimum Gasteiger partial charge on any atom is -0.459 e. The zero-order chi connectivity index (χ0) is 14.0. The summed E-state index contributed by atoms with van der Waals surface area (Å²) >= 11 is 5.99. The quantitative estimate of drug-likeness (QED) is 0.873. The van der Waals surface area contributed by atoms with Crippen molar-refractivity contribution < 1.29 is 18.7 Å². The fraction of sp³-hybridized carbons (Fsp3) is 0.231. The number of halogens is 1. The van der Waals surface area contributed by atoms with Crippen LogP contribution in [0.1, 0.15) is 22.5 Å². The molecule has 0 aliphatic rings. The number of para-hydroxylation sites is 1. The second-order valence-electron chi connectivity index (χ2n) is 4.02. The fourth-order valence-electron chi connectivity index (χ4n) is 1.71. The van der Waals surface area contributed by atoms with Crippen molar-refractivity contribution in [2.75, 3.05) is 6.61 Å². The molecule has 0 spiro atoms. The van der Waals surface area contributed by atoms with Gasteiger partial charge in [0.2, 0.25) is 11.7 Å². The van der Waals surface area contributed by atoms with Crippen molar-refractivity contribution in [3.05, 3.63) is 34.5 Å². The summed E-state index contributed by atoms with van der Waals surface area (Å²) in [6.45, 7) is 1.67. The van der Waals surface area contributed by atoms with Gasteiger partial charge in [-0.3, -0.25) is 4.79 Å². The molecular formula is C13H12ClNO4. The van der Waals surface area contributed by atoms with Gasteiger partial charge in [0.05, 0.1) is 11.4 Å². The lowest BCUT2D eigenvalue weighted by Gasteiger charge is -2.01. The highest BCUT2D eigenvalue weighted by atomic mass is 35.5. The first kappa shape index (κ1) is 13.4. The number of hydrogen-bond donors (Lipinski definition) is 1. The SMILES string of the molecule is Cc1c(C(=O)OCCC(N)=O)oc2c(Cl)cccc12. The minimum atomic E-state index is -0.633. The molecule has 1 aromatic carbocycles. The van der Waals surface area contributed by atoms with Gasteiger partial charge in [0, 0.05) is 10.9 Å². The molecule has 0 saturated heterocycles. The maximum atomic E-state index is 11.8. The van der Waals surface area contributed by atoms with Gasteiger partial charge in [-0.2, -0.15) is 0 Å². The van der Waals surface area contributed by atoms with Crippen LogP contribution in [0.4, 0.5) is 0 Å². The largest absolute Gasteiger partial charge is 0.459 e. The van der Waals surface area contributed by atoms with E-state index >= 15 is 0 Å². The molecule has 1 heterocycles. The van der Waals surface area contributed by atoms with Crippen LogP contribution in [0.2, 0.25) is 5.02 Å². The van der Waals surface area contributed by atoms with E-state index in [1.165, 1.54) is 0 Å². The highest BCUT2D eigenvalue weighted by Gasteiger charge is 2.20. The van der Waals surface area contributed by atoms with Gasteiger partial charge in [-0.05, 0) is 13.0 Å². The first-order valence-corrected chi connectivity index (χ1v) is 6.01. The Morgan fingerprint density at radius 2 is 2.16 bits per heavy atom. The van der Waals surface area contributed by atoms with E-state index in [1.54, 1.807) is 25.1 Å². The molecule has 6 heteroatoms. The van der Waals surface area contributed by atoms with Gasteiger partial charge in [-0.25, -0.2) is 4.79 Å². The molecule has 1 aromatic heterocycles. The van der Waals surface area contributed by atoms with Crippen molar-refractivity contribution in [1.82, 2.24) is 0 Å². The van der Waals surface area contributed by atoms with Gasteiger partial charge < -0.3 is 14.9 Å². The Morgan fingerprint density at radius 3 is 2.79 bits per heavy atom. The number of carbonyl (C=O) groups is 2. The molecule has 1 amide bonds. The van der Waals surface area contributed by atoms with E-state index in [2.05, 4.69) is 0 Å². The van der Waals surface area contributed by atoms with Gasteiger partial charge >= 0.3 is 5.97 Å². The first-order chi connectivity index (χ1) is 9.00. The predicted molar refractivity (Wildman–Crippen MR) is 70.1 cm³/mol. The maximum Gasteiger partial charge on any atom is 0.374 e. The third kappa shape index (κ3) is 2.71. The molecular weight excluding hydrogens is 270 g/mol. The zero-order valence-corrected chi connectivity index (χ0v) is 11.0. The molecule has 2 N–H and O–H groups in total. The summed E-state index contributed by atoms with van der Waals surface area (Å²) in [5.41, 5.74) is 6.06. The molecule has 0 bridgehead atoms. The minimum absolute atomic E-state index is 0.0221. The number of nitrogens with two attached hydrogens (primary N) is 1. The van der Waals surface area contributed by atoms with E-state index in [4.69, 9.17) is 26.5 Å². The molecule has 0 aliphatic carbocycles. The summed E-state index contributed by atoms with van der Waals surface area (Å²) in [5, 5.41) is 1.19. The summed E-state index contributed by atoms with van der Waals surface area (Å²) in [6, 6.07) is 5.25. The third-order valence-corrected chi connectivity index (χ3v) is 2.98. The number of carbonyl (C=O) groups excluding carboxylic acids is 2. The van der Waals surface area contributed by atoms with Crippen LogP contribution in [-0.4, -0.2) is 18.5 Å². The molecule has 0 unspecified atom stereocenters.